The van der Waals surface area contributed by atoms with E-state index in [9.17, 15) is 0 Å². The van der Waals surface area contributed by atoms with Gasteiger partial charge in [0.25, 0.3) is 0 Å². The van der Waals surface area contributed by atoms with Gasteiger partial charge in [0.2, 0.25) is 0 Å². The Kier molecular flexibility index (Phi) is 3.00. The molecule has 1 heterocycles. The third-order valence-electron chi connectivity index (χ3n) is 2.41. The second-order valence-electron chi connectivity index (χ2n) is 3.45. The molecule has 2 aromatic rings. The van der Waals surface area contributed by atoms with Gasteiger partial charge in [-0.1, -0.05) is 13.0 Å². The van der Waals surface area contributed by atoms with Crippen molar-refractivity contribution in [1.82, 2.24) is 9.97 Å². The Morgan fingerprint density at radius 1 is 1.31 bits per heavy atom. The summed E-state index contributed by atoms with van der Waals surface area (Å²) in [4.78, 5) is 7.99. The van der Waals surface area contributed by atoms with Gasteiger partial charge in [-0.2, -0.15) is 0 Å². The van der Waals surface area contributed by atoms with Gasteiger partial charge in [0.1, 0.15) is 12.1 Å². The molecule has 16 heavy (non-hydrogen) atoms. The van der Waals surface area contributed by atoms with Gasteiger partial charge in [-0.15, -0.1) is 0 Å². The van der Waals surface area contributed by atoms with Gasteiger partial charge in [0.15, 0.2) is 0 Å². The van der Waals surface area contributed by atoms with Crippen molar-refractivity contribution in [1.29, 1.82) is 0 Å². The average molecular weight is 214 g/mol. The minimum Gasteiger partial charge on any atom is -0.398 e. The third-order valence-corrected chi connectivity index (χ3v) is 2.41. The fourth-order valence-electron chi connectivity index (χ4n) is 1.62. The highest BCUT2D eigenvalue weighted by molar-refractivity contribution is 5.68. The van der Waals surface area contributed by atoms with Crippen LogP contribution >= 0.6 is 0 Å². The molecule has 0 spiro atoms. The molecule has 2 rings (SSSR count). The van der Waals surface area contributed by atoms with Crippen LogP contribution in [-0.4, -0.2) is 9.97 Å². The van der Waals surface area contributed by atoms with Crippen LogP contribution in [0.15, 0.2) is 36.8 Å². The van der Waals surface area contributed by atoms with Crippen LogP contribution in [0.25, 0.3) is 0 Å². The summed E-state index contributed by atoms with van der Waals surface area (Å²) in [5.41, 5.74) is 8.83. The van der Waals surface area contributed by atoms with Crippen molar-refractivity contribution in [2.75, 3.05) is 11.1 Å². The van der Waals surface area contributed by atoms with E-state index >= 15 is 0 Å². The van der Waals surface area contributed by atoms with E-state index in [0.717, 1.165) is 29.2 Å². The normalized spacial score (nSPS) is 10.1. The zero-order chi connectivity index (χ0) is 11.4. The second kappa shape index (κ2) is 4.61. The molecule has 1 aromatic heterocycles. The molecule has 4 heteroatoms. The first-order valence-electron chi connectivity index (χ1n) is 5.21. The van der Waals surface area contributed by atoms with Crippen molar-refractivity contribution in [3.05, 3.63) is 42.4 Å². The summed E-state index contributed by atoms with van der Waals surface area (Å²) in [5.74, 6) is 0.773. The first kappa shape index (κ1) is 10.4. The molecular formula is C12H14N4. The molecule has 0 saturated heterocycles. The fraction of sp³-hybridized carbons (Fsp3) is 0.167. The Labute approximate surface area is 94.5 Å². The molecule has 4 nitrogen and oxygen atoms in total. The van der Waals surface area contributed by atoms with Crippen LogP contribution in [0.5, 0.6) is 0 Å². The maximum atomic E-state index is 5.91. The van der Waals surface area contributed by atoms with E-state index < -0.39 is 0 Å². The van der Waals surface area contributed by atoms with Crippen molar-refractivity contribution < 1.29 is 0 Å². The number of nitrogens with zero attached hydrogens (tertiary/aromatic N) is 2. The minimum atomic E-state index is 0.773. The van der Waals surface area contributed by atoms with E-state index in [1.165, 1.54) is 6.33 Å². The molecule has 0 bridgehead atoms. The second-order valence-corrected chi connectivity index (χ2v) is 3.45. The summed E-state index contributed by atoms with van der Waals surface area (Å²) in [6.45, 7) is 2.08. The molecule has 0 unspecified atom stereocenters. The molecule has 3 N–H and O–H groups in total. The number of hydrogen-bond acceptors (Lipinski definition) is 4. The largest absolute Gasteiger partial charge is 0.398 e. The molecule has 0 radical (unpaired) electrons. The number of nitrogens with one attached hydrogen (secondary N) is 1. The van der Waals surface area contributed by atoms with E-state index in [-0.39, 0.29) is 0 Å². The van der Waals surface area contributed by atoms with Crippen LogP contribution in [0.1, 0.15) is 12.5 Å². The summed E-state index contributed by atoms with van der Waals surface area (Å²) < 4.78 is 0. The Bertz CT molecular complexity index is 468. The van der Waals surface area contributed by atoms with Crippen LogP contribution in [-0.2, 0) is 6.42 Å². The average Bonchev–Trinajstić information content (AvgIpc) is 2.31. The lowest BCUT2D eigenvalue weighted by atomic mass is 10.1. The monoisotopic (exact) mass is 214 g/mol. The zero-order valence-corrected chi connectivity index (χ0v) is 9.14. The first-order chi connectivity index (χ1) is 7.81. The molecule has 0 aliphatic rings. The Morgan fingerprint density at radius 2 is 2.19 bits per heavy atom. The third kappa shape index (κ3) is 2.11. The molecular weight excluding hydrogens is 200 g/mol. The highest BCUT2D eigenvalue weighted by Gasteiger charge is 2.04. The van der Waals surface area contributed by atoms with Crippen molar-refractivity contribution in [2.24, 2.45) is 0 Å². The van der Waals surface area contributed by atoms with Crippen LogP contribution in [0.3, 0.4) is 0 Å². The number of rotatable bonds is 3. The van der Waals surface area contributed by atoms with Crippen LogP contribution in [0.4, 0.5) is 17.2 Å². The molecule has 0 atom stereocenters. The predicted molar refractivity (Wildman–Crippen MR) is 65.5 cm³/mol. The molecule has 0 aliphatic carbocycles. The number of aromatic nitrogens is 2. The van der Waals surface area contributed by atoms with E-state index in [1.54, 1.807) is 6.20 Å². The fourth-order valence-corrected chi connectivity index (χ4v) is 1.62. The Hall–Kier alpha value is -2.10. The molecule has 82 valence electrons. The van der Waals surface area contributed by atoms with Crippen molar-refractivity contribution >= 4 is 17.2 Å². The lowest BCUT2D eigenvalue weighted by Crippen LogP contribution is -2.00. The first-order valence-corrected chi connectivity index (χ1v) is 5.21. The van der Waals surface area contributed by atoms with Gasteiger partial charge in [-0.05, 0) is 30.2 Å². The summed E-state index contributed by atoms with van der Waals surface area (Å²) in [5, 5.41) is 3.23. The van der Waals surface area contributed by atoms with E-state index in [2.05, 4.69) is 22.2 Å². The summed E-state index contributed by atoms with van der Waals surface area (Å²) in [6.07, 6.45) is 4.10. The zero-order valence-electron chi connectivity index (χ0n) is 9.14. The van der Waals surface area contributed by atoms with Gasteiger partial charge in [-0.25, -0.2) is 9.97 Å². The van der Waals surface area contributed by atoms with E-state index in [0.29, 0.717) is 0 Å². The lowest BCUT2D eigenvalue weighted by molar-refractivity contribution is 1.13. The summed E-state index contributed by atoms with van der Waals surface area (Å²) >= 11 is 0. The van der Waals surface area contributed by atoms with Crippen LogP contribution < -0.4 is 11.1 Å². The minimum absolute atomic E-state index is 0.773. The van der Waals surface area contributed by atoms with Crippen molar-refractivity contribution in [3.8, 4) is 0 Å². The maximum Gasteiger partial charge on any atom is 0.133 e. The van der Waals surface area contributed by atoms with Gasteiger partial charge in [0.05, 0.1) is 0 Å². The SMILES string of the molecule is CCc1c(N)cccc1Nc1ccncn1. The maximum absolute atomic E-state index is 5.91. The standard InChI is InChI=1S/C12H14N4/c1-2-9-10(13)4-3-5-11(9)16-12-6-7-14-8-15-12/h3-8H,2,13H2,1H3,(H,14,15,16). The Balaban J connectivity index is 2.31. The topological polar surface area (TPSA) is 63.8 Å². The molecule has 0 amide bonds. The smallest absolute Gasteiger partial charge is 0.133 e. The Morgan fingerprint density at radius 3 is 2.88 bits per heavy atom. The van der Waals surface area contributed by atoms with Gasteiger partial charge < -0.3 is 11.1 Å². The number of anilines is 3. The quantitative estimate of drug-likeness (QED) is 0.770. The summed E-state index contributed by atoms with van der Waals surface area (Å²) in [6, 6.07) is 7.65. The van der Waals surface area contributed by atoms with Gasteiger partial charge >= 0.3 is 0 Å². The molecule has 0 aliphatic heterocycles. The lowest BCUT2D eigenvalue weighted by Gasteiger charge is -2.11. The van der Waals surface area contributed by atoms with Crippen LogP contribution in [0, 0.1) is 0 Å². The van der Waals surface area contributed by atoms with Crippen molar-refractivity contribution in [3.63, 3.8) is 0 Å². The van der Waals surface area contributed by atoms with E-state index in [4.69, 9.17) is 5.73 Å². The van der Waals surface area contributed by atoms with Crippen LogP contribution in [0.2, 0.25) is 0 Å². The number of hydrogen-bond donors (Lipinski definition) is 2. The molecule has 1 aromatic carbocycles. The predicted octanol–water partition coefficient (Wildman–Crippen LogP) is 2.36. The number of nitrogen functional groups attached to an aromatic ring is 1. The summed E-state index contributed by atoms with van der Waals surface area (Å²) in [7, 11) is 0. The molecule has 0 saturated carbocycles. The number of nitrogens with two attached hydrogens (primary N) is 1. The van der Waals surface area contributed by atoms with Gasteiger partial charge in [0, 0.05) is 17.6 Å². The highest BCUT2D eigenvalue weighted by Crippen LogP contribution is 2.24. The van der Waals surface area contributed by atoms with E-state index in [1.807, 2.05) is 24.3 Å². The highest BCUT2D eigenvalue weighted by atomic mass is 15.0. The van der Waals surface area contributed by atoms with Gasteiger partial charge in [-0.3, -0.25) is 0 Å². The van der Waals surface area contributed by atoms with Crippen molar-refractivity contribution in [2.45, 2.75) is 13.3 Å². The number of benzene rings is 1. The molecule has 0 fully saturated rings.